The molecule has 2 heterocycles. The number of rotatable bonds is 3. The van der Waals surface area contributed by atoms with E-state index < -0.39 is 0 Å². The molecule has 0 spiro atoms. The van der Waals surface area contributed by atoms with Crippen LogP contribution in [0.15, 0.2) is 42.5 Å². The minimum absolute atomic E-state index is 0.505. The predicted octanol–water partition coefficient (Wildman–Crippen LogP) is 3.03. The summed E-state index contributed by atoms with van der Waals surface area (Å²) in [7, 11) is 1.81. The van der Waals surface area contributed by atoms with Crippen LogP contribution in [0.1, 0.15) is 28.3 Å². The molecule has 0 amide bonds. The normalized spacial score (nSPS) is 24.5. The number of nitrogens with zero attached hydrogens (tertiary/aromatic N) is 2. The molecule has 2 aromatic rings. The first kappa shape index (κ1) is 14.5. The summed E-state index contributed by atoms with van der Waals surface area (Å²) >= 11 is 0. The van der Waals surface area contributed by atoms with E-state index in [1.165, 1.54) is 23.2 Å². The fourth-order valence-corrected chi connectivity index (χ4v) is 5.04. The smallest absolute Gasteiger partial charge is 0.0707 e. The lowest BCUT2D eigenvalue weighted by Crippen LogP contribution is -2.54. The van der Waals surface area contributed by atoms with E-state index in [9.17, 15) is 0 Å². The molecule has 2 atom stereocenters. The van der Waals surface area contributed by atoms with Crippen molar-refractivity contribution in [1.82, 2.24) is 4.90 Å². The molecule has 3 heteroatoms. The van der Waals surface area contributed by atoms with Gasteiger partial charge in [-0.1, -0.05) is 36.4 Å². The Morgan fingerprint density at radius 1 is 1.00 bits per heavy atom. The van der Waals surface area contributed by atoms with Crippen LogP contribution in [0.25, 0.3) is 0 Å². The van der Waals surface area contributed by atoms with Gasteiger partial charge in [0.05, 0.1) is 12.6 Å². The summed E-state index contributed by atoms with van der Waals surface area (Å²) < 4.78 is 5.36. The van der Waals surface area contributed by atoms with Gasteiger partial charge in [-0.25, -0.2) is 0 Å². The molecular weight excluding hydrogens is 296 g/mol. The highest BCUT2D eigenvalue weighted by Gasteiger charge is 2.45. The van der Waals surface area contributed by atoms with E-state index >= 15 is 0 Å². The Labute approximate surface area is 143 Å². The number of hydrogen-bond donors (Lipinski definition) is 0. The molecule has 1 saturated heterocycles. The number of anilines is 1. The van der Waals surface area contributed by atoms with Crippen LogP contribution >= 0.6 is 0 Å². The van der Waals surface area contributed by atoms with Crippen LogP contribution in [0.3, 0.4) is 0 Å². The van der Waals surface area contributed by atoms with Crippen LogP contribution < -0.4 is 4.90 Å². The van der Waals surface area contributed by atoms with Crippen molar-refractivity contribution in [1.29, 1.82) is 0 Å². The maximum absolute atomic E-state index is 5.36. The molecule has 2 aliphatic heterocycles. The molecule has 0 saturated carbocycles. The number of fused-ring (bicyclic) bond motifs is 2. The second kappa shape index (κ2) is 5.61. The molecule has 24 heavy (non-hydrogen) atoms. The third-order valence-electron chi connectivity index (χ3n) is 6.07. The lowest BCUT2D eigenvalue weighted by molar-refractivity contribution is 0.0976. The average Bonchev–Trinajstić information content (AvgIpc) is 2.94. The first-order chi connectivity index (χ1) is 11.9. The van der Waals surface area contributed by atoms with Crippen molar-refractivity contribution in [2.24, 2.45) is 0 Å². The first-order valence-electron chi connectivity index (χ1n) is 9.05. The summed E-state index contributed by atoms with van der Waals surface area (Å²) in [6, 6.07) is 17.0. The number of methoxy groups -OCH3 is 1. The summed E-state index contributed by atoms with van der Waals surface area (Å²) in [6.45, 7) is 4.09. The van der Waals surface area contributed by atoms with Gasteiger partial charge in [0.25, 0.3) is 0 Å². The highest BCUT2D eigenvalue weighted by atomic mass is 16.5. The molecule has 1 aliphatic carbocycles. The molecule has 0 radical (unpaired) electrons. The van der Waals surface area contributed by atoms with Gasteiger partial charge in [0.2, 0.25) is 0 Å². The van der Waals surface area contributed by atoms with Crippen molar-refractivity contribution in [3.8, 4) is 0 Å². The second-order valence-corrected chi connectivity index (χ2v) is 7.23. The Morgan fingerprint density at radius 2 is 1.83 bits per heavy atom. The van der Waals surface area contributed by atoms with E-state index in [0.29, 0.717) is 12.1 Å². The van der Waals surface area contributed by atoms with Gasteiger partial charge in [0.15, 0.2) is 0 Å². The van der Waals surface area contributed by atoms with E-state index in [4.69, 9.17) is 4.74 Å². The molecule has 3 aliphatic rings. The van der Waals surface area contributed by atoms with E-state index in [2.05, 4.69) is 52.3 Å². The third kappa shape index (κ3) is 2.04. The van der Waals surface area contributed by atoms with Gasteiger partial charge >= 0.3 is 0 Å². The minimum atomic E-state index is 0.505. The van der Waals surface area contributed by atoms with Gasteiger partial charge in [-0.05, 0) is 41.2 Å². The monoisotopic (exact) mass is 320 g/mol. The highest BCUT2D eigenvalue weighted by Crippen LogP contribution is 2.48. The molecule has 1 fully saturated rings. The lowest BCUT2D eigenvalue weighted by Gasteiger charge is -2.46. The van der Waals surface area contributed by atoms with Crippen LogP contribution in [0.4, 0.5) is 5.69 Å². The van der Waals surface area contributed by atoms with Gasteiger partial charge < -0.3 is 9.64 Å². The molecule has 0 bridgehead atoms. The number of hydrogen-bond acceptors (Lipinski definition) is 3. The molecule has 0 unspecified atom stereocenters. The zero-order chi connectivity index (χ0) is 16.1. The fourth-order valence-electron chi connectivity index (χ4n) is 5.04. The van der Waals surface area contributed by atoms with Gasteiger partial charge in [-0.15, -0.1) is 0 Å². The zero-order valence-corrected chi connectivity index (χ0v) is 14.2. The van der Waals surface area contributed by atoms with Crippen molar-refractivity contribution in [2.75, 3.05) is 38.3 Å². The highest BCUT2D eigenvalue weighted by molar-refractivity contribution is 5.63. The Kier molecular flexibility index (Phi) is 3.39. The molecule has 5 rings (SSSR count). The van der Waals surface area contributed by atoms with Gasteiger partial charge in [0, 0.05) is 38.5 Å². The van der Waals surface area contributed by atoms with E-state index in [1.807, 2.05) is 0 Å². The van der Waals surface area contributed by atoms with Gasteiger partial charge in [-0.2, -0.15) is 0 Å². The maximum Gasteiger partial charge on any atom is 0.0707 e. The number of para-hydroxylation sites is 1. The SMILES string of the molecule is COCCN1CCN2c3ccccc3Cc3cccc4c3[C@H]2[C@@H]1C4. The summed E-state index contributed by atoms with van der Waals surface area (Å²) in [5.74, 6) is 0. The minimum Gasteiger partial charge on any atom is -0.383 e. The molecular formula is C21H24N2O. The molecule has 0 N–H and O–H groups in total. The lowest BCUT2D eigenvalue weighted by atomic mass is 9.96. The zero-order valence-electron chi connectivity index (χ0n) is 14.2. The Morgan fingerprint density at radius 3 is 2.75 bits per heavy atom. The van der Waals surface area contributed by atoms with Crippen molar-refractivity contribution >= 4 is 5.69 Å². The largest absolute Gasteiger partial charge is 0.383 e. The van der Waals surface area contributed by atoms with E-state index in [1.54, 1.807) is 18.2 Å². The van der Waals surface area contributed by atoms with Gasteiger partial charge in [-0.3, -0.25) is 4.90 Å². The van der Waals surface area contributed by atoms with Crippen LogP contribution in [0, 0.1) is 0 Å². The van der Waals surface area contributed by atoms with Crippen LogP contribution in [-0.2, 0) is 17.6 Å². The van der Waals surface area contributed by atoms with Crippen LogP contribution in [-0.4, -0.2) is 44.3 Å². The Balaban J connectivity index is 1.64. The Bertz CT molecular complexity index is 772. The molecule has 3 nitrogen and oxygen atoms in total. The van der Waals surface area contributed by atoms with Crippen LogP contribution in [0.2, 0.25) is 0 Å². The third-order valence-corrected chi connectivity index (χ3v) is 6.07. The predicted molar refractivity (Wildman–Crippen MR) is 96.7 cm³/mol. The quantitative estimate of drug-likeness (QED) is 0.864. The summed E-state index contributed by atoms with van der Waals surface area (Å²) in [6.07, 6.45) is 2.24. The maximum atomic E-state index is 5.36. The number of ether oxygens (including phenoxy) is 1. The fraction of sp³-hybridized carbons (Fsp3) is 0.429. The van der Waals surface area contributed by atoms with Crippen molar-refractivity contribution in [3.05, 3.63) is 64.7 Å². The Hall–Kier alpha value is -1.84. The number of piperazine rings is 1. The molecule has 2 aromatic carbocycles. The van der Waals surface area contributed by atoms with E-state index in [-0.39, 0.29) is 0 Å². The second-order valence-electron chi connectivity index (χ2n) is 7.23. The topological polar surface area (TPSA) is 15.7 Å². The summed E-state index contributed by atoms with van der Waals surface area (Å²) in [5, 5.41) is 0. The van der Waals surface area contributed by atoms with Crippen molar-refractivity contribution in [3.63, 3.8) is 0 Å². The molecule has 124 valence electrons. The van der Waals surface area contributed by atoms with Gasteiger partial charge in [0.1, 0.15) is 0 Å². The average molecular weight is 320 g/mol. The standard InChI is InChI=1S/C21H24N2O/c1-24-12-11-22-9-10-23-18-8-3-2-5-15(18)13-16-6-4-7-17-14-19(22)21(23)20(16)17/h2-8,19,21H,9-14H2,1H3/t19-,21+/m0/s1. The van der Waals surface area contributed by atoms with E-state index in [0.717, 1.165) is 32.7 Å². The van der Waals surface area contributed by atoms with Crippen molar-refractivity contribution < 1.29 is 4.74 Å². The first-order valence-corrected chi connectivity index (χ1v) is 9.05. The van der Waals surface area contributed by atoms with Crippen LogP contribution in [0.5, 0.6) is 0 Å². The molecule has 0 aromatic heterocycles. The van der Waals surface area contributed by atoms with Crippen molar-refractivity contribution in [2.45, 2.75) is 24.9 Å². The number of benzene rings is 2. The summed E-state index contributed by atoms with van der Waals surface area (Å²) in [4.78, 5) is 5.34. The summed E-state index contributed by atoms with van der Waals surface area (Å²) in [5.41, 5.74) is 7.63.